The second-order valence-corrected chi connectivity index (χ2v) is 7.02. The van der Waals surface area contributed by atoms with Gasteiger partial charge in [-0.2, -0.15) is 4.98 Å². The van der Waals surface area contributed by atoms with E-state index in [-0.39, 0.29) is 12.5 Å². The van der Waals surface area contributed by atoms with Crippen molar-refractivity contribution in [2.75, 3.05) is 7.05 Å². The molecule has 0 saturated carbocycles. The average Bonchev–Trinajstić information content (AvgIpc) is 3.16. The number of para-hydroxylation sites is 1. The zero-order valence-electron chi connectivity index (χ0n) is 16.6. The lowest BCUT2D eigenvalue weighted by molar-refractivity contribution is -0.137. The molecule has 1 heterocycles. The van der Waals surface area contributed by atoms with Gasteiger partial charge in [-0.3, -0.25) is 4.79 Å². The molecular formula is C22H25N3O3. The molecule has 3 rings (SSSR count). The molecule has 0 aliphatic rings. The minimum atomic E-state index is -0.624. The van der Waals surface area contributed by atoms with Gasteiger partial charge < -0.3 is 14.2 Å². The molecule has 0 N–H and O–H groups in total. The van der Waals surface area contributed by atoms with E-state index < -0.39 is 6.10 Å². The van der Waals surface area contributed by atoms with E-state index in [1.165, 1.54) is 4.90 Å². The summed E-state index contributed by atoms with van der Waals surface area (Å²) in [5.41, 5.74) is 1.95. The Balaban J connectivity index is 1.64. The summed E-state index contributed by atoms with van der Waals surface area (Å²) in [6.07, 6.45) is -0.624. The molecular weight excluding hydrogens is 354 g/mol. The fraction of sp³-hybridized carbons (Fsp3) is 0.318. The first kappa shape index (κ1) is 19.6. The molecule has 0 bridgehead atoms. The van der Waals surface area contributed by atoms with Crippen molar-refractivity contribution in [1.29, 1.82) is 0 Å². The Morgan fingerprint density at radius 2 is 1.75 bits per heavy atom. The van der Waals surface area contributed by atoms with Crippen molar-refractivity contribution in [3.05, 3.63) is 66.1 Å². The highest BCUT2D eigenvalue weighted by molar-refractivity contribution is 5.80. The van der Waals surface area contributed by atoms with E-state index >= 15 is 0 Å². The Hall–Kier alpha value is -3.15. The van der Waals surface area contributed by atoms with Crippen LogP contribution in [0.5, 0.6) is 5.75 Å². The van der Waals surface area contributed by atoms with Gasteiger partial charge in [0.05, 0.1) is 6.54 Å². The summed E-state index contributed by atoms with van der Waals surface area (Å²) in [5.74, 6) is 1.77. The van der Waals surface area contributed by atoms with Gasteiger partial charge in [0.25, 0.3) is 5.91 Å². The Kier molecular flexibility index (Phi) is 6.09. The van der Waals surface area contributed by atoms with Crippen LogP contribution in [0.15, 0.2) is 59.1 Å². The molecule has 1 unspecified atom stereocenters. The molecule has 0 fully saturated rings. The van der Waals surface area contributed by atoms with Crippen LogP contribution in [0.1, 0.15) is 38.1 Å². The smallest absolute Gasteiger partial charge is 0.263 e. The zero-order chi connectivity index (χ0) is 20.1. The van der Waals surface area contributed by atoms with E-state index in [0.717, 1.165) is 16.9 Å². The number of carbonyl (C=O) groups excluding carboxylic acids is 1. The van der Waals surface area contributed by atoms with Gasteiger partial charge in [0.2, 0.25) is 11.7 Å². The zero-order valence-corrected chi connectivity index (χ0v) is 16.6. The molecule has 1 aromatic heterocycles. The molecule has 3 aromatic rings. The van der Waals surface area contributed by atoms with Gasteiger partial charge in [0, 0.05) is 12.6 Å². The van der Waals surface area contributed by atoms with Crippen molar-refractivity contribution < 1.29 is 14.1 Å². The summed E-state index contributed by atoms with van der Waals surface area (Å²) in [7, 11) is 1.70. The molecule has 2 aromatic carbocycles. The summed E-state index contributed by atoms with van der Waals surface area (Å²) in [5, 5.41) is 3.99. The number of nitrogens with zero attached hydrogens (tertiary/aromatic N) is 3. The third kappa shape index (κ3) is 4.57. The van der Waals surface area contributed by atoms with Crippen LogP contribution in [0.2, 0.25) is 0 Å². The Morgan fingerprint density at radius 3 is 2.46 bits per heavy atom. The lowest BCUT2D eigenvalue weighted by Crippen LogP contribution is -2.37. The van der Waals surface area contributed by atoms with E-state index in [4.69, 9.17) is 9.26 Å². The van der Waals surface area contributed by atoms with Gasteiger partial charge in [-0.05, 0) is 24.5 Å². The van der Waals surface area contributed by atoms with Gasteiger partial charge >= 0.3 is 0 Å². The second kappa shape index (κ2) is 8.69. The van der Waals surface area contributed by atoms with Crippen LogP contribution in [0, 0.1) is 0 Å². The highest BCUT2D eigenvalue weighted by Gasteiger charge is 2.22. The number of ether oxygens (including phenoxy) is 1. The molecule has 0 spiro atoms. The van der Waals surface area contributed by atoms with Crippen LogP contribution in [0.3, 0.4) is 0 Å². The summed E-state index contributed by atoms with van der Waals surface area (Å²) in [6.45, 7) is 6.17. The number of amides is 1. The SMILES string of the molecule is CC(Oc1ccccc1C(C)C)C(=O)N(C)Cc1nc(-c2ccccc2)no1. The van der Waals surface area contributed by atoms with Gasteiger partial charge in [0.1, 0.15) is 5.75 Å². The Labute approximate surface area is 165 Å². The third-order valence-electron chi connectivity index (χ3n) is 4.44. The van der Waals surface area contributed by atoms with Crippen molar-refractivity contribution in [3.63, 3.8) is 0 Å². The fourth-order valence-electron chi connectivity index (χ4n) is 2.92. The molecule has 6 nitrogen and oxygen atoms in total. The first-order valence-corrected chi connectivity index (χ1v) is 9.34. The number of hydrogen-bond donors (Lipinski definition) is 0. The van der Waals surface area contributed by atoms with Gasteiger partial charge in [-0.1, -0.05) is 67.5 Å². The highest BCUT2D eigenvalue weighted by atomic mass is 16.5. The molecule has 1 amide bonds. The summed E-state index contributed by atoms with van der Waals surface area (Å²) in [6, 6.07) is 17.4. The van der Waals surface area contributed by atoms with Crippen LogP contribution in [-0.4, -0.2) is 34.1 Å². The minimum Gasteiger partial charge on any atom is -0.481 e. The summed E-state index contributed by atoms with van der Waals surface area (Å²) < 4.78 is 11.2. The van der Waals surface area contributed by atoms with Crippen molar-refractivity contribution in [2.45, 2.75) is 39.3 Å². The predicted molar refractivity (Wildman–Crippen MR) is 107 cm³/mol. The average molecular weight is 379 g/mol. The maximum Gasteiger partial charge on any atom is 0.263 e. The molecule has 0 aliphatic carbocycles. The molecule has 0 radical (unpaired) electrons. The Bertz CT molecular complexity index is 922. The Morgan fingerprint density at radius 1 is 1.07 bits per heavy atom. The third-order valence-corrected chi connectivity index (χ3v) is 4.44. The number of carbonyl (C=O) groups is 1. The normalized spacial score (nSPS) is 12.0. The number of likely N-dealkylation sites (N-methyl/N-ethyl adjacent to an activating group) is 1. The first-order valence-electron chi connectivity index (χ1n) is 9.34. The van der Waals surface area contributed by atoms with E-state index in [1.807, 2.05) is 54.6 Å². The van der Waals surface area contributed by atoms with E-state index in [2.05, 4.69) is 24.0 Å². The largest absolute Gasteiger partial charge is 0.481 e. The second-order valence-electron chi connectivity index (χ2n) is 7.02. The van der Waals surface area contributed by atoms with Crippen molar-refractivity contribution in [2.24, 2.45) is 0 Å². The fourth-order valence-corrected chi connectivity index (χ4v) is 2.92. The number of benzene rings is 2. The van der Waals surface area contributed by atoms with Crippen molar-refractivity contribution in [3.8, 4) is 17.1 Å². The standard InChI is InChI=1S/C22H25N3O3/c1-15(2)18-12-8-9-13-19(18)27-16(3)22(26)25(4)14-20-23-21(24-28-20)17-10-6-5-7-11-17/h5-13,15-16H,14H2,1-4H3. The first-order chi connectivity index (χ1) is 13.5. The predicted octanol–water partition coefficient (Wildman–Crippen LogP) is 4.29. The van der Waals surface area contributed by atoms with Crippen LogP contribution in [0.4, 0.5) is 0 Å². The molecule has 1 atom stereocenters. The number of hydrogen-bond acceptors (Lipinski definition) is 5. The quantitative estimate of drug-likeness (QED) is 0.613. The summed E-state index contributed by atoms with van der Waals surface area (Å²) in [4.78, 5) is 18.6. The monoisotopic (exact) mass is 379 g/mol. The molecule has 0 aliphatic heterocycles. The van der Waals surface area contributed by atoms with Gasteiger partial charge in [-0.25, -0.2) is 0 Å². The van der Waals surface area contributed by atoms with Crippen LogP contribution >= 0.6 is 0 Å². The molecule has 0 saturated heterocycles. The molecule has 146 valence electrons. The van der Waals surface area contributed by atoms with E-state index in [1.54, 1.807) is 14.0 Å². The molecule has 6 heteroatoms. The maximum atomic E-state index is 12.7. The number of rotatable bonds is 7. The van der Waals surface area contributed by atoms with E-state index in [9.17, 15) is 4.79 Å². The summed E-state index contributed by atoms with van der Waals surface area (Å²) >= 11 is 0. The highest BCUT2D eigenvalue weighted by Crippen LogP contribution is 2.27. The molecule has 28 heavy (non-hydrogen) atoms. The van der Waals surface area contributed by atoms with Crippen LogP contribution < -0.4 is 4.74 Å². The van der Waals surface area contributed by atoms with Crippen molar-refractivity contribution >= 4 is 5.91 Å². The maximum absolute atomic E-state index is 12.7. The van der Waals surface area contributed by atoms with Crippen LogP contribution in [0.25, 0.3) is 11.4 Å². The van der Waals surface area contributed by atoms with Crippen molar-refractivity contribution in [1.82, 2.24) is 15.0 Å². The lowest BCUT2D eigenvalue weighted by Gasteiger charge is -2.22. The van der Waals surface area contributed by atoms with Gasteiger partial charge in [-0.15, -0.1) is 0 Å². The van der Waals surface area contributed by atoms with Crippen LogP contribution in [-0.2, 0) is 11.3 Å². The number of aromatic nitrogens is 2. The van der Waals surface area contributed by atoms with Gasteiger partial charge in [0.15, 0.2) is 6.10 Å². The minimum absolute atomic E-state index is 0.155. The lowest BCUT2D eigenvalue weighted by atomic mass is 10.0. The topological polar surface area (TPSA) is 68.5 Å². The van der Waals surface area contributed by atoms with E-state index in [0.29, 0.717) is 17.6 Å².